The van der Waals surface area contributed by atoms with Crippen molar-refractivity contribution in [3.63, 3.8) is 0 Å². The summed E-state index contributed by atoms with van der Waals surface area (Å²) in [5, 5.41) is 9.53. The molecular weight excluding hydrogens is 170 g/mol. The van der Waals surface area contributed by atoms with E-state index < -0.39 is 0 Å². The van der Waals surface area contributed by atoms with Crippen molar-refractivity contribution in [2.45, 2.75) is 0 Å². The van der Waals surface area contributed by atoms with E-state index >= 15 is 0 Å². The molecule has 11 heavy (non-hydrogen) atoms. The van der Waals surface area contributed by atoms with E-state index in [0.29, 0.717) is 6.29 Å². The molecule has 7 heteroatoms. The van der Waals surface area contributed by atoms with Gasteiger partial charge in [-0.15, -0.1) is 0 Å². The van der Waals surface area contributed by atoms with Crippen molar-refractivity contribution in [1.82, 2.24) is 25.0 Å². The topological polar surface area (TPSA) is 75.9 Å². The number of carbonyl (C=O) groups is 1. The molecule has 0 fully saturated rings. The zero-order valence-electron chi connectivity index (χ0n) is 5.15. The summed E-state index contributed by atoms with van der Waals surface area (Å²) in [4.78, 5) is 14.1. The number of hydrogen-bond donors (Lipinski definition) is 1. The SMILES string of the molecule is O=Cc1c(Cl)nc2nn[nH]n12. The standard InChI is InChI=1S/C4H2ClN5O/c5-3-2(1-11)10-4(6-3)7-8-9-10/h1H,(H,6,7,9). The van der Waals surface area contributed by atoms with Crippen molar-refractivity contribution in [3.8, 4) is 0 Å². The van der Waals surface area contributed by atoms with Crippen LogP contribution in [0.2, 0.25) is 5.15 Å². The first kappa shape index (κ1) is 6.29. The Morgan fingerprint density at radius 3 is 3.18 bits per heavy atom. The van der Waals surface area contributed by atoms with Gasteiger partial charge in [0.1, 0.15) is 5.69 Å². The van der Waals surface area contributed by atoms with Crippen molar-refractivity contribution in [1.29, 1.82) is 0 Å². The highest BCUT2D eigenvalue weighted by Crippen LogP contribution is 2.11. The van der Waals surface area contributed by atoms with E-state index in [1.165, 1.54) is 4.52 Å². The fourth-order valence-electron chi connectivity index (χ4n) is 0.774. The second-order valence-electron chi connectivity index (χ2n) is 1.84. The zero-order valence-corrected chi connectivity index (χ0v) is 5.91. The van der Waals surface area contributed by atoms with Crippen molar-refractivity contribution < 1.29 is 4.79 Å². The molecule has 6 nitrogen and oxygen atoms in total. The average molecular weight is 172 g/mol. The number of halogens is 1. The molecule has 0 aromatic carbocycles. The number of nitrogens with one attached hydrogen (secondary N) is 1. The lowest BCUT2D eigenvalue weighted by molar-refractivity contribution is 0.111. The summed E-state index contributed by atoms with van der Waals surface area (Å²) >= 11 is 5.56. The number of hydrogen-bond acceptors (Lipinski definition) is 4. The lowest BCUT2D eigenvalue weighted by Gasteiger charge is -1.82. The quantitative estimate of drug-likeness (QED) is 0.609. The molecule has 0 spiro atoms. The predicted octanol–water partition coefficient (Wildman–Crippen LogP) is -0.0817. The molecule has 2 heterocycles. The maximum atomic E-state index is 10.4. The van der Waals surface area contributed by atoms with Crippen LogP contribution < -0.4 is 0 Å². The van der Waals surface area contributed by atoms with Crippen molar-refractivity contribution >= 4 is 23.7 Å². The lowest BCUT2D eigenvalue weighted by atomic mass is 10.5. The molecule has 0 radical (unpaired) electrons. The van der Waals surface area contributed by atoms with E-state index in [0.717, 1.165) is 0 Å². The minimum absolute atomic E-state index is 0.126. The Morgan fingerprint density at radius 2 is 2.45 bits per heavy atom. The first-order chi connectivity index (χ1) is 5.33. The summed E-state index contributed by atoms with van der Waals surface area (Å²) in [6.45, 7) is 0. The third kappa shape index (κ3) is 0.726. The van der Waals surface area contributed by atoms with Gasteiger partial charge in [-0.05, 0) is 5.21 Å². The number of fused-ring (bicyclic) bond motifs is 1. The van der Waals surface area contributed by atoms with E-state index in [9.17, 15) is 4.79 Å². The fourth-order valence-corrected chi connectivity index (χ4v) is 0.979. The van der Waals surface area contributed by atoms with Crippen LogP contribution in [0.5, 0.6) is 0 Å². The average Bonchev–Trinajstić information content (AvgIpc) is 2.46. The number of aromatic amines is 1. The normalized spacial score (nSPS) is 10.6. The van der Waals surface area contributed by atoms with Gasteiger partial charge >= 0.3 is 0 Å². The Hall–Kier alpha value is -1.43. The molecule has 0 atom stereocenters. The number of H-pyrrole nitrogens is 1. The smallest absolute Gasteiger partial charge is 0.273 e. The van der Waals surface area contributed by atoms with Crippen LogP contribution in [-0.2, 0) is 0 Å². The second-order valence-corrected chi connectivity index (χ2v) is 2.20. The van der Waals surface area contributed by atoms with Crippen molar-refractivity contribution in [3.05, 3.63) is 10.8 Å². The van der Waals surface area contributed by atoms with Gasteiger partial charge in [-0.1, -0.05) is 16.7 Å². The van der Waals surface area contributed by atoms with Gasteiger partial charge in [-0.25, -0.2) is 0 Å². The van der Waals surface area contributed by atoms with E-state index in [2.05, 4.69) is 20.5 Å². The number of nitrogens with zero attached hydrogens (tertiary/aromatic N) is 4. The molecule has 2 rings (SSSR count). The summed E-state index contributed by atoms with van der Waals surface area (Å²) in [7, 11) is 0. The number of rotatable bonds is 1. The molecule has 0 saturated heterocycles. The highest BCUT2D eigenvalue weighted by Gasteiger charge is 2.10. The molecule has 2 aromatic rings. The van der Waals surface area contributed by atoms with Crippen LogP contribution in [0.25, 0.3) is 5.78 Å². The molecule has 0 aliphatic heterocycles. The lowest BCUT2D eigenvalue weighted by Crippen LogP contribution is -1.91. The second kappa shape index (κ2) is 2.03. The van der Waals surface area contributed by atoms with Gasteiger partial charge in [-0.3, -0.25) is 4.79 Å². The molecule has 0 aliphatic rings. The molecule has 0 unspecified atom stereocenters. The third-order valence-electron chi connectivity index (χ3n) is 1.25. The molecule has 2 aromatic heterocycles. The molecule has 0 amide bonds. The zero-order chi connectivity index (χ0) is 7.84. The van der Waals surface area contributed by atoms with Crippen LogP contribution in [-0.4, -0.2) is 31.3 Å². The van der Waals surface area contributed by atoms with Crippen LogP contribution in [0.1, 0.15) is 10.5 Å². The highest BCUT2D eigenvalue weighted by molar-refractivity contribution is 6.31. The molecule has 1 N–H and O–H groups in total. The molecule has 0 aliphatic carbocycles. The third-order valence-corrected chi connectivity index (χ3v) is 1.52. The minimum Gasteiger partial charge on any atom is -0.296 e. The summed E-state index contributed by atoms with van der Waals surface area (Å²) in [5.74, 6) is 0.289. The molecular formula is C4H2ClN5O. The first-order valence-corrected chi connectivity index (χ1v) is 3.11. The monoisotopic (exact) mass is 171 g/mol. The van der Waals surface area contributed by atoms with E-state index in [1.807, 2.05) is 0 Å². The van der Waals surface area contributed by atoms with Crippen LogP contribution in [0.3, 0.4) is 0 Å². The van der Waals surface area contributed by atoms with Gasteiger partial charge < -0.3 is 0 Å². The Kier molecular flexibility index (Phi) is 1.16. The van der Waals surface area contributed by atoms with Gasteiger partial charge in [-0.2, -0.15) is 14.7 Å². The van der Waals surface area contributed by atoms with Gasteiger partial charge in [0.2, 0.25) is 0 Å². The van der Waals surface area contributed by atoms with Crippen LogP contribution in [0.4, 0.5) is 0 Å². The Balaban J connectivity index is 2.90. The van der Waals surface area contributed by atoms with Crippen LogP contribution >= 0.6 is 11.6 Å². The van der Waals surface area contributed by atoms with Crippen molar-refractivity contribution in [2.24, 2.45) is 0 Å². The summed E-state index contributed by atoms with van der Waals surface area (Å²) < 4.78 is 1.30. The molecule has 56 valence electrons. The number of carbonyl (C=O) groups excluding carboxylic acids is 1. The van der Waals surface area contributed by atoms with E-state index in [1.54, 1.807) is 0 Å². The van der Waals surface area contributed by atoms with Crippen LogP contribution in [0.15, 0.2) is 0 Å². The van der Waals surface area contributed by atoms with Crippen LogP contribution in [0, 0.1) is 0 Å². The fraction of sp³-hybridized carbons (Fsp3) is 0. The Bertz CT molecular complexity index is 403. The Morgan fingerprint density at radius 1 is 1.64 bits per heavy atom. The van der Waals surface area contributed by atoms with Gasteiger partial charge in [0.25, 0.3) is 5.78 Å². The van der Waals surface area contributed by atoms with Gasteiger partial charge in [0.15, 0.2) is 11.4 Å². The highest BCUT2D eigenvalue weighted by atomic mass is 35.5. The maximum absolute atomic E-state index is 10.4. The maximum Gasteiger partial charge on any atom is 0.273 e. The van der Waals surface area contributed by atoms with E-state index in [4.69, 9.17) is 11.6 Å². The first-order valence-electron chi connectivity index (χ1n) is 2.73. The number of aldehydes is 1. The molecule has 0 bridgehead atoms. The minimum atomic E-state index is 0.126. The molecule has 0 saturated carbocycles. The Labute approximate surface area is 65.2 Å². The van der Waals surface area contributed by atoms with Gasteiger partial charge in [0.05, 0.1) is 0 Å². The van der Waals surface area contributed by atoms with Gasteiger partial charge in [0, 0.05) is 0 Å². The number of tetrazole rings is 1. The van der Waals surface area contributed by atoms with E-state index in [-0.39, 0.29) is 16.6 Å². The predicted molar refractivity (Wildman–Crippen MR) is 35.5 cm³/mol. The summed E-state index contributed by atoms with van der Waals surface area (Å²) in [6.07, 6.45) is 0.586. The van der Waals surface area contributed by atoms with Crippen molar-refractivity contribution in [2.75, 3.05) is 0 Å². The largest absolute Gasteiger partial charge is 0.296 e. The number of imidazole rings is 1. The summed E-state index contributed by atoms with van der Waals surface area (Å²) in [5.41, 5.74) is 0.228. The number of aromatic nitrogens is 5. The summed E-state index contributed by atoms with van der Waals surface area (Å²) in [6, 6.07) is 0.